The lowest BCUT2D eigenvalue weighted by Gasteiger charge is -2.27. The van der Waals surface area contributed by atoms with E-state index < -0.39 is 36.0 Å². The Bertz CT molecular complexity index is 924. The molecule has 0 saturated heterocycles. The number of amides is 4. The van der Waals surface area contributed by atoms with E-state index in [1.165, 1.54) is 0 Å². The van der Waals surface area contributed by atoms with Crippen LogP contribution in [0.25, 0.3) is 0 Å². The number of hydrogen-bond donors (Lipinski definition) is 6. The topological polar surface area (TPSA) is 146 Å². The first-order valence-electron chi connectivity index (χ1n) is 11.8. The number of nitrogens with two attached hydrogens (primary N) is 1. The van der Waals surface area contributed by atoms with Gasteiger partial charge in [-0.05, 0) is 30.0 Å². The van der Waals surface area contributed by atoms with Crippen LogP contribution >= 0.6 is 0 Å². The third-order valence-corrected chi connectivity index (χ3v) is 5.32. The number of urea groups is 1. The second-order valence-corrected chi connectivity index (χ2v) is 8.96. The van der Waals surface area contributed by atoms with Crippen LogP contribution < -0.4 is 27.0 Å². The Morgan fingerprint density at radius 1 is 0.886 bits per heavy atom. The molecule has 0 saturated carbocycles. The molecule has 0 radical (unpaired) electrons. The standard InChI is InChI=1S/C26H37N5O4/c1-18(2)15-28-17-23(32)21(13-19-9-5-3-6-10-19)30-25(34)22(14-24(27)33)31-26(35)29-16-20-11-7-4-8-12-20/h3-12,18,21-23,28,32H,13-17H2,1-2H3,(H2,27,33)(H,30,34)(H2,29,31,35). The van der Waals surface area contributed by atoms with Gasteiger partial charge in [-0.2, -0.15) is 0 Å². The number of carbonyl (C=O) groups excluding carboxylic acids is 3. The first kappa shape index (κ1) is 27.8. The smallest absolute Gasteiger partial charge is 0.315 e. The monoisotopic (exact) mass is 483 g/mol. The van der Waals surface area contributed by atoms with E-state index in [0.717, 1.165) is 17.7 Å². The van der Waals surface area contributed by atoms with Crippen LogP contribution in [-0.4, -0.2) is 54.2 Å². The molecule has 2 aromatic rings. The molecule has 3 unspecified atom stereocenters. The molecule has 0 spiro atoms. The van der Waals surface area contributed by atoms with Crippen molar-refractivity contribution in [2.24, 2.45) is 11.7 Å². The lowest BCUT2D eigenvalue weighted by molar-refractivity contribution is -0.128. The van der Waals surface area contributed by atoms with Crippen LogP contribution in [0.4, 0.5) is 4.79 Å². The van der Waals surface area contributed by atoms with Crippen molar-refractivity contribution in [2.45, 2.75) is 51.4 Å². The van der Waals surface area contributed by atoms with E-state index in [1.54, 1.807) is 0 Å². The van der Waals surface area contributed by atoms with Crippen molar-refractivity contribution in [3.05, 3.63) is 71.8 Å². The average Bonchev–Trinajstić information content (AvgIpc) is 2.82. The minimum Gasteiger partial charge on any atom is -0.390 e. The molecule has 4 amide bonds. The second-order valence-electron chi connectivity index (χ2n) is 8.96. The summed E-state index contributed by atoms with van der Waals surface area (Å²) in [6.45, 7) is 5.38. The maximum absolute atomic E-state index is 13.1. The molecule has 35 heavy (non-hydrogen) atoms. The molecule has 7 N–H and O–H groups in total. The van der Waals surface area contributed by atoms with E-state index >= 15 is 0 Å². The normalized spacial score (nSPS) is 13.5. The summed E-state index contributed by atoms with van der Waals surface area (Å²) in [7, 11) is 0. The first-order chi connectivity index (χ1) is 16.7. The summed E-state index contributed by atoms with van der Waals surface area (Å²) < 4.78 is 0. The number of nitrogens with one attached hydrogen (secondary N) is 4. The number of rotatable bonds is 14. The van der Waals surface area contributed by atoms with Gasteiger partial charge in [-0.25, -0.2) is 4.79 Å². The highest BCUT2D eigenvalue weighted by atomic mass is 16.3. The summed E-state index contributed by atoms with van der Waals surface area (Å²) in [5, 5.41) is 22.0. The Hall–Kier alpha value is -3.43. The zero-order chi connectivity index (χ0) is 25.6. The summed E-state index contributed by atoms with van der Waals surface area (Å²) >= 11 is 0. The fraction of sp³-hybridized carbons (Fsp3) is 0.423. The van der Waals surface area contributed by atoms with Crippen molar-refractivity contribution < 1.29 is 19.5 Å². The van der Waals surface area contributed by atoms with Crippen LogP contribution in [0.2, 0.25) is 0 Å². The van der Waals surface area contributed by atoms with Crippen LogP contribution in [0.3, 0.4) is 0 Å². The van der Waals surface area contributed by atoms with E-state index in [1.807, 2.05) is 60.7 Å². The number of aliphatic hydroxyl groups excluding tert-OH is 1. The predicted octanol–water partition coefficient (Wildman–Crippen LogP) is 1.06. The Labute approximate surface area is 206 Å². The zero-order valence-electron chi connectivity index (χ0n) is 20.4. The van der Waals surface area contributed by atoms with E-state index in [4.69, 9.17) is 5.73 Å². The third-order valence-electron chi connectivity index (χ3n) is 5.32. The molecule has 2 aromatic carbocycles. The maximum Gasteiger partial charge on any atom is 0.315 e. The lowest BCUT2D eigenvalue weighted by Crippen LogP contribution is -2.56. The molecule has 0 bridgehead atoms. The highest BCUT2D eigenvalue weighted by molar-refractivity contribution is 5.91. The Kier molecular flexibility index (Phi) is 11.7. The van der Waals surface area contributed by atoms with Gasteiger partial charge in [0.15, 0.2) is 0 Å². The molecule has 9 nitrogen and oxygen atoms in total. The van der Waals surface area contributed by atoms with Gasteiger partial charge in [-0.3, -0.25) is 9.59 Å². The zero-order valence-corrected chi connectivity index (χ0v) is 20.4. The van der Waals surface area contributed by atoms with Crippen molar-refractivity contribution in [1.29, 1.82) is 0 Å². The van der Waals surface area contributed by atoms with Gasteiger partial charge in [-0.15, -0.1) is 0 Å². The molecular formula is C26H37N5O4. The predicted molar refractivity (Wildman–Crippen MR) is 135 cm³/mol. The highest BCUT2D eigenvalue weighted by Crippen LogP contribution is 2.08. The van der Waals surface area contributed by atoms with Crippen molar-refractivity contribution in [1.82, 2.24) is 21.3 Å². The van der Waals surface area contributed by atoms with Gasteiger partial charge in [0.2, 0.25) is 11.8 Å². The van der Waals surface area contributed by atoms with Crippen molar-refractivity contribution >= 4 is 17.8 Å². The number of aliphatic hydroxyl groups is 1. The largest absolute Gasteiger partial charge is 0.390 e. The van der Waals surface area contributed by atoms with Gasteiger partial charge in [0.05, 0.1) is 18.6 Å². The number of carbonyl (C=O) groups is 3. The Morgan fingerprint density at radius 3 is 2.06 bits per heavy atom. The third kappa shape index (κ3) is 11.0. The quantitative estimate of drug-likeness (QED) is 0.238. The average molecular weight is 484 g/mol. The minimum atomic E-state index is -1.18. The van der Waals surface area contributed by atoms with Crippen LogP contribution in [0.5, 0.6) is 0 Å². The molecule has 0 aromatic heterocycles. The molecule has 9 heteroatoms. The second kappa shape index (κ2) is 14.7. The van der Waals surface area contributed by atoms with Gasteiger partial charge in [-0.1, -0.05) is 74.5 Å². The van der Waals surface area contributed by atoms with Crippen LogP contribution in [-0.2, 0) is 22.6 Å². The van der Waals surface area contributed by atoms with Crippen LogP contribution in [0.1, 0.15) is 31.4 Å². The SMILES string of the molecule is CC(C)CNCC(O)C(Cc1ccccc1)NC(=O)C(CC(N)=O)NC(=O)NCc1ccccc1. The number of primary amides is 1. The Morgan fingerprint density at radius 2 is 1.49 bits per heavy atom. The molecule has 0 aliphatic rings. The van der Waals surface area contributed by atoms with E-state index in [-0.39, 0.29) is 19.5 Å². The van der Waals surface area contributed by atoms with Crippen molar-refractivity contribution in [3.63, 3.8) is 0 Å². The summed E-state index contributed by atoms with van der Waals surface area (Å²) in [5.74, 6) is -0.919. The molecule has 2 rings (SSSR count). The molecule has 0 aliphatic heterocycles. The number of hydrogen-bond acceptors (Lipinski definition) is 5. The number of benzene rings is 2. The Balaban J connectivity index is 2.05. The molecular weight excluding hydrogens is 446 g/mol. The maximum atomic E-state index is 13.1. The fourth-order valence-electron chi connectivity index (χ4n) is 3.49. The van der Waals surface area contributed by atoms with E-state index in [0.29, 0.717) is 12.3 Å². The van der Waals surface area contributed by atoms with Gasteiger partial charge < -0.3 is 32.1 Å². The summed E-state index contributed by atoms with van der Waals surface area (Å²) in [6, 6.07) is 16.3. The van der Waals surface area contributed by atoms with Crippen molar-refractivity contribution in [2.75, 3.05) is 13.1 Å². The minimum absolute atomic E-state index is 0.258. The fourth-order valence-corrected chi connectivity index (χ4v) is 3.49. The van der Waals surface area contributed by atoms with E-state index in [9.17, 15) is 19.5 Å². The van der Waals surface area contributed by atoms with Gasteiger partial charge >= 0.3 is 6.03 Å². The summed E-state index contributed by atoms with van der Waals surface area (Å²) in [6.07, 6.45) is -0.885. The first-order valence-corrected chi connectivity index (χ1v) is 11.8. The molecule has 3 atom stereocenters. The summed E-state index contributed by atoms with van der Waals surface area (Å²) in [5.41, 5.74) is 7.15. The van der Waals surface area contributed by atoms with E-state index in [2.05, 4.69) is 35.1 Å². The molecule has 0 fully saturated rings. The van der Waals surface area contributed by atoms with Gasteiger partial charge in [0.1, 0.15) is 6.04 Å². The van der Waals surface area contributed by atoms with Crippen molar-refractivity contribution in [3.8, 4) is 0 Å². The molecule has 190 valence electrons. The lowest BCUT2D eigenvalue weighted by atomic mass is 10.00. The van der Waals surface area contributed by atoms with Gasteiger partial charge in [0.25, 0.3) is 0 Å². The van der Waals surface area contributed by atoms with Gasteiger partial charge in [0, 0.05) is 13.1 Å². The molecule has 0 aliphatic carbocycles. The summed E-state index contributed by atoms with van der Waals surface area (Å²) in [4.78, 5) is 37.1. The van der Waals surface area contributed by atoms with Crippen LogP contribution in [0, 0.1) is 5.92 Å². The molecule has 0 heterocycles. The van der Waals surface area contributed by atoms with Crippen LogP contribution in [0.15, 0.2) is 60.7 Å². The highest BCUT2D eigenvalue weighted by Gasteiger charge is 2.28.